The molecule has 40 heavy (non-hydrogen) atoms. The number of carboxylic acid groups (broad SMARTS) is 1. The summed E-state index contributed by atoms with van der Waals surface area (Å²) in [5.41, 5.74) is 0. The smallest absolute Gasteiger partial charge is 1.00 e. The van der Waals surface area contributed by atoms with Crippen LogP contribution in [0.25, 0.3) is 0 Å². The van der Waals surface area contributed by atoms with Gasteiger partial charge in [-0.05, 0) is 6.42 Å². The molecule has 10 N–H and O–H groups in total. The molecule has 238 valence electrons. The molecule has 0 radical (unpaired) electrons. The number of aliphatic hydroxyl groups is 6. The van der Waals surface area contributed by atoms with Crippen LogP contribution in [0.5, 0.6) is 0 Å². The maximum Gasteiger partial charge on any atom is 2.00 e. The molecule has 0 saturated heterocycles. The third kappa shape index (κ3) is 50.3. The molecule has 0 bridgehead atoms. The van der Waals surface area contributed by atoms with Gasteiger partial charge in [0.1, 0.15) is 24.4 Å². The average Bonchev–Trinajstić information content (AvgIpc) is 2.83. The Hall–Kier alpha value is 2.63. The fourth-order valence-electron chi connectivity index (χ4n) is 3.32. The fourth-order valence-corrected chi connectivity index (χ4v) is 3.32. The minimum atomic E-state index is -4.64. The molecule has 0 aliphatic rings. The van der Waals surface area contributed by atoms with E-state index in [-0.39, 0.29) is 107 Å². The second kappa shape index (κ2) is 39.6. The molecule has 4 atom stereocenters. The van der Waals surface area contributed by atoms with E-state index in [4.69, 9.17) is 55.0 Å². The van der Waals surface area contributed by atoms with Gasteiger partial charge in [-0.3, -0.25) is 4.79 Å². The summed E-state index contributed by atoms with van der Waals surface area (Å²) in [6.07, 6.45) is 13.8. The zero-order valence-corrected chi connectivity index (χ0v) is 31.1. The largest absolute Gasteiger partial charge is 2.00 e. The van der Waals surface area contributed by atoms with E-state index in [0.29, 0.717) is 6.42 Å². The molecule has 0 aromatic heterocycles. The van der Waals surface area contributed by atoms with Crippen LogP contribution in [-0.2, 0) is 9.36 Å². The number of carbonyl (C=O) groups is 1. The number of hydrogen-bond donors (Lipinski definition) is 10. The van der Waals surface area contributed by atoms with Crippen LogP contribution in [0.3, 0.4) is 0 Å². The molecular weight excluding hydrogens is 616 g/mol. The SMILES string of the molecule is CCCCCCCCCCCCCCCCCC(=O)O.O=P(O)(O)O.OCC(O)C(O)C(O)C(O)CO.[Ca+2].[Ca+2].[H-].[H-].[H-].[H-].[H-].[H-].[Mg+2]. The normalized spacial score (nSPS) is 13.3. The number of aliphatic carboxylic acids is 1. The minimum absolute atomic E-state index is 0. The predicted octanol–water partition coefficient (Wildman–Crippen LogP) is 1.35. The van der Waals surface area contributed by atoms with Crippen molar-refractivity contribution < 1.29 is 68.3 Å². The first kappa shape index (κ1) is 55.1. The van der Waals surface area contributed by atoms with Crippen molar-refractivity contribution in [2.45, 2.75) is 134 Å². The minimum Gasteiger partial charge on any atom is -1.00 e. The van der Waals surface area contributed by atoms with Crippen LogP contribution < -0.4 is 0 Å². The Bertz CT molecular complexity index is 553. The number of carboxylic acids is 1. The average molecular weight is 675 g/mol. The van der Waals surface area contributed by atoms with Gasteiger partial charge in [-0.15, -0.1) is 0 Å². The Morgan fingerprint density at radius 2 is 0.850 bits per heavy atom. The quantitative estimate of drug-likeness (QED) is 0.0472. The van der Waals surface area contributed by atoms with Crippen molar-refractivity contribution in [3.63, 3.8) is 0 Å². The van der Waals surface area contributed by atoms with Gasteiger partial charge in [0.15, 0.2) is 0 Å². The maximum atomic E-state index is 10.3. The topological polar surface area (TPSA) is 236 Å². The molecule has 12 nitrogen and oxygen atoms in total. The zero-order chi connectivity index (χ0) is 29.1. The summed E-state index contributed by atoms with van der Waals surface area (Å²) in [7, 11) is -4.64. The number of aliphatic hydroxyl groups excluding tert-OH is 6. The Morgan fingerprint density at radius 1 is 0.625 bits per heavy atom. The van der Waals surface area contributed by atoms with Gasteiger partial charge < -0.3 is 59.0 Å². The van der Waals surface area contributed by atoms with E-state index in [1.807, 2.05) is 0 Å². The number of hydrogen-bond acceptors (Lipinski definition) is 8. The summed E-state index contributed by atoms with van der Waals surface area (Å²) in [5, 5.41) is 60.7. The standard InChI is InChI=1S/C18H36O2.C6H14O6.2Ca.Mg.H3O4P.6H/c1-2-3-4-5-6-7-8-9-10-11-12-13-14-15-16-17-18(19)20;7-1-3(9)5(11)6(12)4(10)2-8;;;;1-5(2,3)4;;;;;;/h2-17H2,1H3,(H,19,20);3-12H,1-2H2;;;;(H3,1,2,3,4);;;;;;/q;;3*+2;;6*-1. The summed E-state index contributed by atoms with van der Waals surface area (Å²) in [6.45, 7) is 0.818. The summed E-state index contributed by atoms with van der Waals surface area (Å²) < 4.78 is 8.88. The monoisotopic (exact) mass is 674 g/mol. The van der Waals surface area contributed by atoms with Crippen LogP contribution in [0, 0.1) is 0 Å². The summed E-state index contributed by atoms with van der Waals surface area (Å²) in [5.74, 6) is -0.653. The first-order valence-electron chi connectivity index (χ1n) is 13.3. The molecule has 0 rings (SSSR count). The van der Waals surface area contributed by atoms with Gasteiger partial charge in [-0.25, -0.2) is 4.57 Å². The van der Waals surface area contributed by atoms with Crippen LogP contribution in [0.1, 0.15) is 118 Å². The van der Waals surface area contributed by atoms with Crippen molar-refractivity contribution >= 4 is 112 Å². The van der Waals surface area contributed by atoms with Crippen molar-refractivity contribution in [2.75, 3.05) is 13.2 Å². The molecule has 0 saturated carbocycles. The van der Waals surface area contributed by atoms with E-state index in [0.717, 1.165) is 12.8 Å². The number of rotatable bonds is 21. The second-order valence-electron chi connectivity index (χ2n) is 9.09. The van der Waals surface area contributed by atoms with Gasteiger partial charge >= 0.3 is 112 Å². The van der Waals surface area contributed by atoms with Crippen molar-refractivity contribution in [3.05, 3.63) is 0 Å². The van der Waals surface area contributed by atoms with E-state index in [1.165, 1.54) is 83.5 Å². The van der Waals surface area contributed by atoms with Crippen LogP contribution in [0.4, 0.5) is 0 Å². The van der Waals surface area contributed by atoms with Crippen molar-refractivity contribution in [1.29, 1.82) is 0 Å². The Labute approximate surface area is 324 Å². The molecule has 0 aliphatic heterocycles. The van der Waals surface area contributed by atoms with Gasteiger partial charge in [0.05, 0.1) is 13.2 Å². The molecule has 0 amide bonds. The first-order chi connectivity index (χ1) is 17.3. The molecule has 0 heterocycles. The third-order valence-electron chi connectivity index (χ3n) is 5.51. The van der Waals surface area contributed by atoms with E-state index >= 15 is 0 Å². The van der Waals surface area contributed by atoms with Gasteiger partial charge in [0.2, 0.25) is 0 Å². The van der Waals surface area contributed by atoms with Crippen LogP contribution in [0.15, 0.2) is 0 Å². The Balaban J connectivity index is -0.0000000392. The van der Waals surface area contributed by atoms with E-state index in [9.17, 15) is 4.79 Å². The molecule has 16 heteroatoms. The Morgan fingerprint density at radius 3 is 1.05 bits per heavy atom. The molecule has 0 fully saturated rings. The summed E-state index contributed by atoms with van der Waals surface area (Å²) in [6, 6.07) is 0. The van der Waals surface area contributed by atoms with Crippen molar-refractivity contribution in [1.82, 2.24) is 0 Å². The van der Waals surface area contributed by atoms with E-state index in [2.05, 4.69) is 6.92 Å². The van der Waals surface area contributed by atoms with Gasteiger partial charge in [0.25, 0.3) is 0 Å². The zero-order valence-electron chi connectivity index (χ0n) is 30.4. The van der Waals surface area contributed by atoms with Crippen molar-refractivity contribution in [3.8, 4) is 0 Å². The van der Waals surface area contributed by atoms with E-state index < -0.39 is 51.4 Å². The molecule has 0 aliphatic carbocycles. The summed E-state index contributed by atoms with van der Waals surface area (Å²) >= 11 is 0. The first-order valence-corrected chi connectivity index (χ1v) is 14.8. The third-order valence-corrected chi connectivity index (χ3v) is 5.51. The van der Waals surface area contributed by atoms with Gasteiger partial charge in [-0.1, -0.05) is 96.8 Å². The van der Waals surface area contributed by atoms with E-state index in [1.54, 1.807) is 0 Å². The van der Waals surface area contributed by atoms with Crippen molar-refractivity contribution in [2.24, 2.45) is 0 Å². The van der Waals surface area contributed by atoms with Crippen LogP contribution in [-0.4, -0.2) is 193 Å². The summed E-state index contributed by atoms with van der Waals surface area (Å²) in [4.78, 5) is 31.9. The van der Waals surface area contributed by atoms with Crippen LogP contribution in [0.2, 0.25) is 0 Å². The van der Waals surface area contributed by atoms with Gasteiger partial charge in [-0.2, -0.15) is 0 Å². The molecule has 0 aromatic rings. The number of unbranched alkanes of at least 4 members (excludes halogenated alkanes) is 14. The number of phosphoric acid groups is 1. The van der Waals surface area contributed by atoms with Gasteiger partial charge in [0, 0.05) is 6.42 Å². The predicted molar refractivity (Wildman–Crippen MR) is 164 cm³/mol. The molecule has 0 spiro atoms. The fraction of sp³-hybridized carbons (Fsp3) is 0.958. The molecule has 0 aromatic carbocycles. The molecule has 4 unspecified atom stereocenters. The second-order valence-corrected chi connectivity index (χ2v) is 10.1. The molecular formula is C24H59Ca2MgO12P. The Kier molecular flexibility index (Phi) is 54.6. The maximum absolute atomic E-state index is 10.3. The van der Waals surface area contributed by atoms with Crippen LogP contribution >= 0.6 is 7.82 Å².